The van der Waals surface area contributed by atoms with E-state index in [0.717, 1.165) is 22.5 Å². The Kier molecular flexibility index (Phi) is 3.93. The van der Waals surface area contributed by atoms with Crippen molar-refractivity contribution in [1.29, 1.82) is 0 Å². The quantitative estimate of drug-likeness (QED) is 0.648. The van der Waals surface area contributed by atoms with Gasteiger partial charge in [-0.1, -0.05) is 0 Å². The number of phenols is 1. The Labute approximate surface area is 115 Å². The van der Waals surface area contributed by atoms with E-state index in [2.05, 4.69) is 0 Å². The summed E-state index contributed by atoms with van der Waals surface area (Å²) in [4.78, 5) is 9.69. The number of hydrogen-bond acceptors (Lipinski definition) is 6. The molecule has 1 aliphatic heterocycles. The lowest BCUT2D eigenvalue weighted by atomic mass is 10.3. The zero-order valence-electron chi connectivity index (χ0n) is 10.7. The molecule has 110 valence electrons. The normalized spacial score (nSPS) is 19.4. The van der Waals surface area contributed by atoms with Crippen molar-refractivity contribution < 1.29 is 23.2 Å². The van der Waals surface area contributed by atoms with Gasteiger partial charge in [0.15, 0.2) is 5.75 Å². The lowest BCUT2D eigenvalue weighted by Gasteiger charge is -2.22. The summed E-state index contributed by atoms with van der Waals surface area (Å²) >= 11 is 0. The highest BCUT2D eigenvalue weighted by atomic mass is 32.2. The smallest absolute Gasteiger partial charge is 0.312 e. The van der Waals surface area contributed by atoms with Crippen molar-refractivity contribution in [2.24, 2.45) is 0 Å². The summed E-state index contributed by atoms with van der Waals surface area (Å²) in [6.45, 7) is 0.788. The number of nitrogens with zero attached hydrogens (tertiary/aromatic N) is 2. The van der Waals surface area contributed by atoms with Gasteiger partial charge in [0.25, 0.3) is 0 Å². The van der Waals surface area contributed by atoms with E-state index >= 15 is 0 Å². The van der Waals surface area contributed by atoms with Crippen molar-refractivity contribution in [2.45, 2.75) is 17.4 Å². The van der Waals surface area contributed by atoms with E-state index in [4.69, 9.17) is 4.74 Å². The number of ether oxygens (including phenoxy) is 1. The first-order chi connectivity index (χ1) is 9.34. The van der Waals surface area contributed by atoms with Crippen LogP contribution in [-0.2, 0) is 14.8 Å². The summed E-state index contributed by atoms with van der Waals surface area (Å²) in [7, 11) is -2.45. The Balaban J connectivity index is 2.38. The van der Waals surface area contributed by atoms with Crippen LogP contribution in [0.2, 0.25) is 0 Å². The third-order valence-electron chi connectivity index (χ3n) is 3.24. The van der Waals surface area contributed by atoms with Crippen LogP contribution in [0.4, 0.5) is 5.69 Å². The summed E-state index contributed by atoms with van der Waals surface area (Å²) in [6.07, 6.45) is 0.579. The molecule has 1 atom stereocenters. The summed E-state index contributed by atoms with van der Waals surface area (Å²) in [6, 6.07) is 2.72. The lowest BCUT2D eigenvalue weighted by Crippen LogP contribution is -2.37. The van der Waals surface area contributed by atoms with Gasteiger partial charge in [-0.3, -0.25) is 10.1 Å². The van der Waals surface area contributed by atoms with Crippen LogP contribution in [0.5, 0.6) is 5.75 Å². The average molecular weight is 302 g/mol. The second-order valence-corrected chi connectivity index (χ2v) is 6.44. The van der Waals surface area contributed by atoms with Crippen LogP contribution in [0.1, 0.15) is 6.42 Å². The Hall–Kier alpha value is -1.71. The number of hydrogen-bond donors (Lipinski definition) is 1. The van der Waals surface area contributed by atoms with Gasteiger partial charge in [0.05, 0.1) is 22.5 Å². The maximum absolute atomic E-state index is 12.4. The Bertz CT molecular complexity index is 624. The van der Waals surface area contributed by atoms with E-state index in [1.807, 2.05) is 0 Å². The van der Waals surface area contributed by atoms with Crippen LogP contribution in [0.25, 0.3) is 0 Å². The molecular formula is C11H14N2O6S. The maximum atomic E-state index is 12.4. The van der Waals surface area contributed by atoms with Crippen molar-refractivity contribution in [1.82, 2.24) is 4.31 Å². The molecule has 1 aromatic rings. The minimum absolute atomic E-state index is 0.226. The van der Waals surface area contributed by atoms with Gasteiger partial charge in [0.1, 0.15) is 0 Å². The van der Waals surface area contributed by atoms with Crippen molar-refractivity contribution >= 4 is 15.7 Å². The third-order valence-corrected chi connectivity index (χ3v) is 5.15. The van der Waals surface area contributed by atoms with E-state index in [9.17, 15) is 23.6 Å². The van der Waals surface area contributed by atoms with Crippen LogP contribution in [0.3, 0.4) is 0 Å². The zero-order chi connectivity index (χ0) is 14.9. The largest absolute Gasteiger partial charge is 0.502 e. The molecule has 1 aliphatic rings. The van der Waals surface area contributed by atoms with E-state index in [-0.39, 0.29) is 10.9 Å². The number of benzene rings is 1. The molecule has 1 unspecified atom stereocenters. The fourth-order valence-electron chi connectivity index (χ4n) is 1.98. The third kappa shape index (κ3) is 2.60. The number of phenolic OH excluding ortho intramolecular Hbond substituents is 1. The van der Waals surface area contributed by atoms with Crippen molar-refractivity contribution in [3.05, 3.63) is 28.3 Å². The monoisotopic (exact) mass is 302 g/mol. The second-order valence-electron chi connectivity index (χ2n) is 4.45. The van der Waals surface area contributed by atoms with Gasteiger partial charge in [0, 0.05) is 19.7 Å². The van der Waals surface area contributed by atoms with Crippen LogP contribution < -0.4 is 0 Å². The van der Waals surface area contributed by atoms with Gasteiger partial charge in [-0.15, -0.1) is 0 Å². The number of nitro benzene ring substituents is 1. The highest BCUT2D eigenvalue weighted by Gasteiger charge is 2.32. The first-order valence-electron chi connectivity index (χ1n) is 5.87. The molecule has 8 nitrogen and oxygen atoms in total. The number of likely N-dealkylation sites (N-methyl/N-ethyl adjacent to an activating group) is 1. The molecule has 0 spiro atoms. The van der Waals surface area contributed by atoms with Gasteiger partial charge in [-0.2, -0.15) is 4.31 Å². The SMILES string of the molecule is CN(C1CCOC1)S(=O)(=O)c1ccc(O)c([N+](=O)[O-])c1. The molecule has 1 N–H and O–H groups in total. The molecule has 20 heavy (non-hydrogen) atoms. The van der Waals surface area contributed by atoms with Gasteiger partial charge >= 0.3 is 5.69 Å². The highest BCUT2D eigenvalue weighted by molar-refractivity contribution is 7.89. The first-order valence-corrected chi connectivity index (χ1v) is 7.31. The van der Waals surface area contributed by atoms with E-state index in [0.29, 0.717) is 19.6 Å². The van der Waals surface area contributed by atoms with E-state index < -0.39 is 26.4 Å². The number of aromatic hydroxyl groups is 1. The summed E-state index contributed by atoms with van der Waals surface area (Å²) in [5.41, 5.74) is -0.637. The topological polar surface area (TPSA) is 110 Å². The molecule has 1 aromatic carbocycles. The molecule has 1 fully saturated rings. The van der Waals surface area contributed by atoms with Crippen LogP contribution in [0.15, 0.2) is 23.1 Å². The van der Waals surface area contributed by atoms with Gasteiger partial charge in [-0.25, -0.2) is 8.42 Å². The highest BCUT2D eigenvalue weighted by Crippen LogP contribution is 2.30. The fourth-order valence-corrected chi connectivity index (χ4v) is 3.37. The molecule has 0 saturated carbocycles. The molecule has 0 bridgehead atoms. The maximum Gasteiger partial charge on any atom is 0.312 e. The minimum atomic E-state index is -3.86. The molecule has 0 aliphatic carbocycles. The van der Waals surface area contributed by atoms with Crippen LogP contribution in [0, 0.1) is 10.1 Å². The van der Waals surface area contributed by atoms with E-state index in [1.165, 1.54) is 7.05 Å². The average Bonchev–Trinajstić information content (AvgIpc) is 2.91. The van der Waals surface area contributed by atoms with Gasteiger partial charge in [0.2, 0.25) is 10.0 Å². The Morgan fingerprint density at radius 1 is 1.50 bits per heavy atom. The van der Waals surface area contributed by atoms with Crippen molar-refractivity contribution in [3.8, 4) is 5.75 Å². The van der Waals surface area contributed by atoms with Crippen LogP contribution in [-0.4, -0.2) is 49.1 Å². The molecule has 9 heteroatoms. The number of nitro groups is 1. The van der Waals surface area contributed by atoms with Gasteiger partial charge in [-0.05, 0) is 18.6 Å². The van der Waals surface area contributed by atoms with Crippen molar-refractivity contribution in [2.75, 3.05) is 20.3 Å². The predicted molar refractivity (Wildman–Crippen MR) is 68.9 cm³/mol. The summed E-state index contributed by atoms with van der Waals surface area (Å²) in [5.74, 6) is -0.569. The molecule has 0 aromatic heterocycles. The minimum Gasteiger partial charge on any atom is -0.502 e. The standard InChI is InChI=1S/C11H14N2O6S/c1-12(8-4-5-19-7-8)20(17,18)9-2-3-11(14)10(6-9)13(15)16/h2-3,6,8,14H,4-5,7H2,1H3. The molecule has 1 saturated heterocycles. The van der Waals surface area contributed by atoms with Crippen molar-refractivity contribution in [3.63, 3.8) is 0 Å². The number of sulfonamides is 1. The lowest BCUT2D eigenvalue weighted by molar-refractivity contribution is -0.386. The first kappa shape index (κ1) is 14.7. The molecule has 2 rings (SSSR count). The Morgan fingerprint density at radius 3 is 2.75 bits per heavy atom. The van der Waals surface area contributed by atoms with E-state index in [1.54, 1.807) is 0 Å². The zero-order valence-corrected chi connectivity index (χ0v) is 11.5. The summed E-state index contributed by atoms with van der Waals surface area (Å²) < 4.78 is 31.0. The van der Waals surface area contributed by atoms with Crippen LogP contribution >= 0.6 is 0 Å². The molecule has 0 amide bonds. The predicted octanol–water partition coefficient (Wildman–Crippen LogP) is 0.710. The van der Waals surface area contributed by atoms with Gasteiger partial charge < -0.3 is 9.84 Å². The molecule has 0 radical (unpaired) electrons. The second kappa shape index (κ2) is 5.35. The summed E-state index contributed by atoms with van der Waals surface area (Å²) in [5, 5.41) is 20.1. The molecule has 1 heterocycles. The molecular weight excluding hydrogens is 288 g/mol. The number of rotatable bonds is 4. The fraction of sp³-hybridized carbons (Fsp3) is 0.455. The Morgan fingerprint density at radius 2 is 2.20 bits per heavy atom.